The first-order valence-electron chi connectivity index (χ1n) is 5.77. The average Bonchev–Trinajstić information content (AvgIpc) is 2.51. The molecule has 18 heavy (non-hydrogen) atoms. The van der Waals surface area contributed by atoms with Crippen LogP contribution in [0.4, 0.5) is 0 Å². The highest BCUT2D eigenvalue weighted by molar-refractivity contribution is 9.10. The van der Waals surface area contributed by atoms with Crippen LogP contribution in [0.2, 0.25) is 0 Å². The molecule has 4 nitrogen and oxygen atoms in total. The zero-order valence-electron chi connectivity index (χ0n) is 10.0. The molecule has 1 aliphatic rings. The van der Waals surface area contributed by atoms with Crippen LogP contribution < -0.4 is 5.32 Å². The van der Waals surface area contributed by atoms with Crippen LogP contribution in [0.15, 0.2) is 28.7 Å². The van der Waals surface area contributed by atoms with Crippen LogP contribution in [-0.4, -0.2) is 37.2 Å². The highest BCUT2D eigenvalue weighted by atomic mass is 79.9. The zero-order chi connectivity index (χ0) is 13.3. The van der Waals surface area contributed by atoms with Crippen LogP contribution in [0.1, 0.15) is 18.5 Å². The molecule has 1 saturated heterocycles. The summed E-state index contributed by atoms with van der Waals surface area (Å²) >= 11 is 3.40. The molecule has 0 radical (unpaired) electrons. The monoisotopic (exact) mass is 333 g/mol. The van der Waals surface area contributed by atoms with Crippen LogP contribution in [0, 0.1) is 0 Å². The maximum absolute atomic E-state index is 11.4. The van der Waals surface area contributed by atoms with Gasteiger partial charge < -0.3 is 10.4 Å². The second-order valence-electron chi connectivity index (χ2n) is 4.69. The van der Waals surface area contributed by atoms with Gasteiger partial charge in [-0.2, -0.15) is 0 Å². The summed E-state index contributed by atoms with van der Waals surface area (Å²) in [5.41, 5.74) is 1.06. The molecule has 1 aliphatic heterocycles. The van der Waals surface area contributed by atoms with E-state index in [-0.39, 0.29) is 23.6 Å². The lowest BCUT2D eigenvalue weighted by Crippen LogP contribution is -2.40. The SMILES string of the molecule is C[C@@H](NC1CS(=O)(=O)CC1O)c1cccc(Br)c1. The van der Waals surface area contributed by atoms with Gasteiger partial charge in [0.2, 0.25) is 0 Å². The largest absolute Gasteiger partial charge is 0.390 e. The van der Waals surface area contributed by atoms with Crippen LogP contribution in [-0.2, 0) is 9.84 Å². The molecule has 0 amide bonds. The smallest absolute Gasteiger partial charge is 0.154 e. The van der Waals surface area contributed by atoms with Crippen molar-refractivity contribution >= 4 is 25.8 Å². The Hall–Kier alpha value is -0.430. The number of sulfone groups is 1. The Balaban J connectivity index is 2.06. The molecule has 6 heteroatoms. The van der Waals surface area contributed by atoms with Gasteiger partial charge >= 0.3 is 0 Å². The molecule has 2 N–H and O–H groups in total. The number of benzene rings is 1. The van der Waals surface area contributed by atoms with E-state index in [0.29, 0.717) is 0 Å². The molecule has 1 aromatic rings. The van der Waals surface area contributed by atoms with Crippen LogP contribution >= 0.6 is 15.9 Å². The highest BCUT2D eigenvalue weighted by Crippen LogP contribution is 2.21. The van der Waals surface area contributed by atoms with E-state index in [0.717, 1.165) is 10.0 Å². The van der Waals surface area contributed by atoms with Crippen molar-refractivity contribution in [1.82, 2.24) is 5.32 Å². The topological polar surface area (TPSA) is 66.4 Å². The van der Waals surface area contributed by atoms with E-state index in [2.05, 4.69) is 21.2 Å². The standard InChI is InChI=1S/C12H16BrNO3S/c1-8(9-3-2-4-10(13)5-9)14-11-6-18(16,17)7-12(11)15/h2-5,8,11-12,14-15H,6-7H2,1H3/t8-,11?,12?/m1/s1. The van der Waals surface area contributed by atoms with Gasteiger partial charge in [-0.25, -0.2) is 8.42 Å². The van der Waals surface area contributed by atoms with Gasteiger partial charge in [0.25, 0.3) is 0 Å². The Bertz CT molecular complexity index is 532. The summed E-state index contributed by atoms with van der Waals surface area (Å²) in [6.07, 6.45) is -0.815. The van der Waals surface area contributed by atoms with Crippen molar-refractivity contribution in [2.24, 2.45) is 0 Å². The number of hydrogen-bond acceptors (Lipinski definition) is 4. The molecule has 1 heterocycles. The molecule has 0 aromatic heterocycles. The van der Waals surface area contributed by atoms with E-state index in [4.69, 9.17) is 0 Å². The first-order valence-corrected chi connectivity index (χ1v) is 8.39. The molecule has 2 unspecified atom stereocenters. The average molecular weight is 334 g/mol. The van der Waals surface area contributed by atoms with Gasteiger partial charge in [0, 0.05) is 16.6 Å². The normalized spacial score (nSPS) is 28.2. The summed E-state index contributed by atoms with van der Waals surface area (Å²) in [5.74, 6) is -0.137. The Morgan fingerprint density at radius 3 is 2.72 bits per heavy atom. The molecule has 0 saturated carbocycles. The van der Waals surface area contributed by atoms with Gasteiger partial charge in [-0.3, -0.25) is 0 Å². The van der Waals surface area contributed by atoms with E-state index in [1.165, 1.54) is 0 Å². The van der Waals surface area contributed by atoms with Crippen LogP contribution in [0.3, 0.4) is 0 Å². The number of nitrogens with one attached hydrogen (secondary N) is 1. The van der Waals surface area contributed by atoms with Crippen LogP contribution in [0.25, 0.3) is 0 Å². The lowest BCUT2D eigenvalue weighted by atomic mass is 10.1. The van der Waals surface area contributed by atoms with Crippen molar-refractivity contribution < 1.29 is 13.5 Å². The second kappa shape index (κ2) is 5.28. The quantitative estimate of drug-likeness (QED) is 0.873. The molecular weight excluding hydrogens is 318 g/mol. The highest BCUT2D eigenvalue weighted by Gasteiger charge is 2.36. The molecule has 0 aliphatic carbocycles. The summed E-state index contributed by atoms with van der Waals surface area (Å²) in [6.45, 7) is 1.96. The van der Waals surface area contributed by atoms with Gasteiger partial charge in [0.05, 0.1) is 17.6 Å². The third-order valence-electron chi connectivity index (χ3n) is 3.14. The van der Waals surface area contributed by atoms with Crippen molar-refractivity contribution in [1.29, 1.82) is 0 Å². The Labute approximate surface area is 115 Å². The minimum Gasteiger partial charge on any atom is -0.390 e. The van der Waals surface area contributed by atoms with E-state index >= 15 is 0 Å². The van der Waals surface area contributed by atoms with Gasteiger partial charge in [0.15, 0.2) is 9.84 Å². The van der Waals surface area contributed by atoms with Gasteiger partial charge in [0.1, 0.15) is 0 Å². The van der Waals surface area contributed by atoms with Crippen LogP contribution in [0.5, 0.6) is 0 Å². The fraction of sp³-hybridized carbons (Fsp3) is 0.500. The molecule has 1 fully saturated rings. The molecule has 1 aromatic carbocycles. The molecule has 0 bridgehead atoms. The summed E-state index contributed by atoms with van der Waals surface area (Å²) in [4.78, 5) is 0. The predicted molar refractivity (Wildman–Crippen MR) is 74.1 cm³/mol. The molecule has 0 spiro atoms. The van der Waals surface area contributed by atoms with Crippen molar-refractivity contribution in [3.8, 4) is 0 Å². The number of rotatable bonds is 3. The third-order valence-corrected chi connectivity index (χ3v) is 5.35. The van der Waals surface area contributed by atoms with Crippen molar-refractivity contribution in [3.63, 3.8) is 0 Å². The predicted octanol–water partition coefficient (Wildman–Crippen LogP) is 1.26. The zero-order valence-corrected chi connectivity index (χ0v) is 12.4. The van der Waals surface area contributed by atoms with Crippen molar-refractivity contribution in [2.75, 3.05) is 11.5 Å². The number of halogens is 1. The molecule has 100 valence electrons. The Morgan fingerprint density at radius 2 is 2.17 bits per heavy atom. The maximum Gasteiger partial charge on any atom is 0.154 e. The van der Waals surface area contributed by atoms with E-state index in [9.17, 15) is 13.5 Å². The maximum atomic E-state index is 11.4. The first-order chi connectivity index (χ1) is 8.37. The minimum atomic E-state index is -3.10. The van der Waals surface area contributed by atoms with Crippen molar-refractivity contribution in [3.05, 3.63) is 34.3 Å². The first kappa shape index (κ1) is 14.0. The lowest BCUT2D eigenvalue weighted by molar-refractivity contribution is 0.160. The van der Waals surface area contributed by atoms with E-state index in [1.807, 2.05) is 31.2 Å². The fourth-order valence-electron chi connectivity index (χ4n) is 2.18. The Kier molecular flexibility index (Phi) is 4.11. The molecule has 2 rings (SSSR count). The lowest BCUT2D eigenvalue weighted by Gasteiger charge is -2.21. The number of aliphatic hydroxyl groups is 1. The van der Waals surface area contributed by atoms with E-state index in [1.54, 1.807) is 0 Å². The minimum absolute atomic E-state index is 0.00421. The number of aliphatic hydroxyl groups excluding tert-OH is 1. The fourth-order valence-corrected chi connectivity index (χ4v) is 4.35. The molecular formula is C12H16BrNO3S. The summed E-state index contributed by atoms with van der Waals surface area (Å²) in [5, 5.41) is 12.9. The van der Waals surface area contributed by atoms with Crippen molar-refractivity contribution in [2.45, 2.75) is 25.1 Å². The molecule has 3 atom stereocenters. The summed E-state index contributed by atoms with van der Waals surface area (Å²) < 4.78 is 23.8. The van der Waals surface area contributed by atoms with Gasteiger partial charge in [-0.05, 0) is 24.6 Å². The second-order valence-corrected chi connectivity index (χ2v) is 7.76. The van der Waals surface area contributed by atoms with E-state index < -0.39 is 15.9 Å². The van der Waals surface area contributed by atoms with Gasteiger partial charge in [-0.15, -0.1) is 0 Å². The van der Waals surface area contributed by atoms with Gasteiger partial charge in [-0.1, -0.05) is 28.1 Å². The Morgan fingerprint density at radius 1 is 1.44 bits per heavy atom. The number of hydrogen-bond donors (Lipinski definition) is 2. The summed E-state index contributed by atoms with van der Waals surface area (Å²) in [7, 11) is -3.10. The summed E-state index contributed by atoms with van der Waals surface area (Å²) in [6, 6.07) is 7.43. The third kappa shape index (κ3) is 3.32.